The van der Waals surface area contributed by atoms with Crippen molar-refractivity contribution in [2.45, 2.75) is 51.1 Å². The monoisotopic (exact) mass is 590 g/mol. The topological polar surface area (TPSA) is 95.9 Å². The second-order valence-electron chi connectivity index (χ2n) is 11.6. The van der Waals surface area contributed by atoms with Crippen molar-refractivity contribution in [2.75, 3.05) is 50.8 Å². The Bertz CT molecular complexity index is 1690. The Kier molecular flexibility index (Phi) is 7.17. The summed E-state index contributed by atoms with van der Waals surface area (Å²) in [6.07, 6.45) is 4.40. The van der Waals surface area contributed by atoms with Gasteiger partial charge in [-0.25, -0.2) is 13.8 Å². The molecule has 9 nitrogen and oxygen atoms in total. The first-order valence-electron chi connectivity index (χ1n) is 15.3. The third kappa shape index (κ3) is 4.69. The number of benzene rings is 2. The highest BCUT2D eigenvalue weighted by molar-refractivity contribution is 6.02. The molecule has 8 rings (SSSR count). The molecule has 0 unspecified atom stereocenters. The van der Waals surface area contributed by atoms with Crippen molar-refractivity contribution in [3.8, 4) is 28.9 Å². The van der Waals surface area contributed by atoms with Crippen LogP contribution in [0.3, 0.4) is 0 Å². The van der Waals surface area contributed by atoms with Crippen LogP contribution in [0, 0.1) is 11.6 Å². The fourth-order valence-electron chi connectivity index (χ4n) is 7.19. The summed E-state index contributed by atoms with van der Waals surface area (Å²) in [6.45, 7) is 9.00. The number of halogens is 2. The maximum absolute atomic E-state index is 16.6. The van der Waals surface area contributed by atoms with Crippen molar-refractivity contribution < 1.29 is 23.4 Å². The van der Waals surface area contributed by atoms with E-state index in [1.54, 1.807) is 6.07 Å². The lowest BCUT2D eigenvalue weighted by atomic mass is 9.95. The summed E-state index contributed by atoms with van der Waals surface area (Å²) in [5.41, 5.74) is 0.176. The fourth-order valence-corrected chi connectivity index (χ4v) is 7.19. The molecule has 3 fully saturated rings. The largest absolute Gasteiger partial charge is 0.508 e. The minimum Gasteiger partial charge on any atom is -0.508 e. The van der Waals surface area contributed by atoms with Crippen molar-refractivity contribution in [3.05, 3.63) is 42.0 Å². The van der Waals surface area contributed by atoms with Crippen LogP contribution in [0.25, 0.3) is 32.9 Å². The number of anilines is 1. The molecular formula is C32H36F2N6O3. The Balaban J connectivity index is 0.00000147. The molecule has 0 radical (unpaired) electrons. The molecule has 2 N–H and O–H groups in total. The summed E-state index contributed by atoms with van der Waals surface area (Å²) in [5.74, 6) is -0.513. The van der Waals surface area contributed by atoms with Crippen LogP contribution in [0.4, 0.5) is 14.6 Å². The molecule has 2 aromatic carbocycles. The normalized spacial score (nSPS) is 20.7. The number of hydrogen-bond acceptors (Lipinski definition) is 9. The zero-order chi connectivity index (χ0) is 29.7. The highest BCUT2D eigenvalue weighted by Crippen LogP contribution is 2.43. The first-order valence-corrected chi connectivity index (χ1v) is 15.3. The zero-order valence-electron chi connectivity index (χ0n) is 24.5. The number of hydrogen-bond donors (Lipinski definition) is 2. The predicted molar refractivity (Wildman–Crippen MR) is 161 cm³/mol. The maximum atomic E-state index is 16.6. The highest BCUT2D eigenvalue weighted by Gasteiger charge is 2.45. The van der Waals surface area contributed by atoms with Crippen LogP contribution in [0.1, 0.15) is 39.5 Å². The van der Waals surface area contributed by atoms with E-state index in [2.05, 4.69) is 25.1 Å². The van der Waals surface area contributed by atoms with Gasteiger partial charge in [0.25, 0.3) is 0 Å². The molecule has 11 heteroatoms. The number of piperazine rings is 1. The van der Waals surface area contributed by atoms with E-state index in [1.165, 1.54) is 24.3 Å². The number of aromatic hydroxyl groups is 1. The Hall–Kier alpha value is -3.83. The summed E-state index contributed by atoms with van der Waals surface area (Å²) in [7, 11) is 0. The standard InChI is InChI=1S/C30H30F2N6O3.C2H6/c31-18-4-3-17-11-20(39)13-22(21(17)12-18)25-24(32)26-23-27(38-10-7-33-14-19(38)15-40-28(23)34-25)36-29(35-26)41-16-30-5-1-8-37(30)9-2-6-30;1-2/h3-4,11-13,19,33,39H,1-2,5-10,14-16H2;1-2H3/t19-;/m0./s1. The van der Waals surface area contributed by atoms with Gasteiger partial charge in [0.15, 0.2) is 5.82 Å². The van der Waals surface area contributed by atoms with Crippen LogP contribution in [-0.2, 0) is 0 Å². The zero-order valence-corrected chi connectivity index (χ0v) is 24.5. The van der Waals surface area contributed by atoms with Gasteiger partial charge in [0.05, 0.1) is 11.6 Å². The number of phenols is 1. The molecule has 2 aromatic heterocycles. The van der Waals surface area contributed by atoms with Crippen LogP contribution in [0.5, 0.6) is 17.6 Å². The molecule has 0 spiro atoms. The Morgan fingerprint density at radius 2 is 1.88 bits per heavy atom. The van der Waals surface area contributed by atoms with Gasteiger partial charge in [-0.05, 0) is 73.8 Å². The SMILES string of the molecule is CC.Oc1cc(-c2nc3c4c(nc(OCC56CCCN5CCC6)nc4c2F)N2CCNC[C@H]2CO3)c2cc(F)ccc2c1. The molecule has 4 aliphatic heterocycles. The summed E-state index contributed by atoms with van der Waals surface area (Å²) in [6, 6.07) is 7.14. The maximum Gasteiger partial charge on any atom is 0.319 e. The van der Waals surface area contributed by atoms with Crippen molar-refractivity contribution in [2.24, 2.45) is 0 Å². The molecule has 6 heterocycles. The predicted octanol–water partition coefficient (Wildman–Crippen LogP) is 5.03. The smallest absolute Gasteiger partial charge is 0.319 e. The number of aromatic nitrogens is 3. The van der Waals surface area contributed by atoms with Gasteiger partial charge < -0.3 is 24.8 Å². The lowest BCUT2D eigenvalue weighted by Gasteiger charge is -2.35. The second kappa shape index (κ2) is 11.0. The number of pyridine rings is 1. The summed E-state index contributed by atoms with van der Waals surface area (Å²) < 4.78 is 43.5. The van der Waals surface area contributed by atoms with Gasteiger partial charge >= 0.3 is 6.01 Å². The summed E-state index contributed by atoms with van der Waals surface area (Å²) in [4.78, 5) is 18.7. The number of nitrogens with one attached hydrogen (secondary N) is 1. The number of nitrogens with zero attached hydrogens (tertiary/aromatic N) is 5. The average Bonchev–Trinajstić information content (AvgIpc) is 3.57. The van der Waals surface area contributed by atoms with Crippen LogP contribution in [0.2, 0.25) is 0 Å². The Morgan fingerprint density at radius 1 is 1.07 bits per heavy atom. The van der Waals surface area contributed by atoms with E-state index in [4.69, 9.17) is 14.5 Å². The molecular weight excluding hydrogens is 554 g/mol. The molecule has 226 valence electrons. The fraction of sp³-hybridized carbons (Fsp3) is 0.469. The quantitative estimate of drug-likeness (QED) is 0.339. The van der Waals surface area contributed by atoms with E-state index in [-0.39, 0.29) is 46.0 Å². The molecule has 0 aliphatic carbocycles. The van der Waals surface area contributed by atoms with E-state index in [1.807, 2.05) is 13.8 Å². The third-order valence-corrected chi connectivity index (χ3v) is 9.18. The number of phenolic OH excluding ortho intramolecular Hbond substituents is 1. The van der Waals surface area contributed by atoms with Gasteiger partial charge in [-0.2, -0.15) is 9.97 Å². The van der Waals surface area contributed by atoms with Gasteiger partial charge in [-0.1, -0.05) is 19.9 Å². The van der Waals surface area contributed by atoms with Crippen molar-refractivity contribution in [1.29, 1.82) is 0 Å². The number of rotatable bonds is 4. The summed E-state index contributed by atoms with van der Waals surface area (Å²) >= 11 is 0. The summed E-state index contributed by atoms with van der Waals surface area (Å²) in [5, 5.41) is 15.2. The minimum absolute atomic E-state index is 0.0230. The van der Waals surface area contributed by atoms with Gasteiger partial charge in [0.2, 0.25) is 5.88 Å². The van der Waals surface area contributed by atoms with Crippen molar-refractivity contribution >= 4 is 27.5 Å². The first kappa shape index (κ1) is 28.0. The average molecular weight is 591 g/mol. The third-order valence-electron chi connectivity index (χ3n) is 9.18. The van der Waals surface area contributed by atoms with Crippen molar-refractivity contribution in [3.63, 3.8) is 0 Å². The van der Waals surface area contributed by atoms with Crippen LogP contribution in [0.15, 0.2) is 30.3 Å². The molecule has 0 bridgehead atoms. The van der Waals surface area contributed by atoms with E-state index in [0.29, 0.717) is 48.3 Å². The molecule has 0 amide bonds. The van der Waals surface area contributed by atoms with E-state index >= 15 is 4.39 Å². The number of fused-ring (bicyclic) bond motifs is 4. The molecule has 4 aliphatic rings. The van der Waals surface area contributed by atoms with E-state index in [9.17, 15) is 9.50 Å². The second-order valence-corrected chi connectivity index (χ2v) is 11.6. The van der Waals surface area contributed by atoms with E-state index in [0.717, 1.165) is 45.3 Å². The minimum atomic E-state index is -0.702. The lowest BCUT2D eigenvalue weighted by molar-refractivity contribution is 0.108. The van der Waals surface area contributed by atoms with Gasteiger partial charge in [-0.3, -0.25) is 4.90 Å². The van der Waals surface area contributed by atoms with Crippen LogP contribution < -0.4 is 19.7 Å². The Morgan fingerprint density at radius 3 is 2.70 bits per heavy atom. The van der Waals surface area contributed by atoms with Gasteiger partial charge in [0, 0.05) is 25.2 Å². The number of ether oxygens (including phenoxy) is 2. The lowest BCUT2D eigenvalue weighted by Crippen LogP contribution is -2.53. The van der Waals surface area contributed by atoms with Gasteiger partial charge in [-0.15, -0.1) is 0 Å². The first-order chi connectivity index (χ1) is 21.0. The highest BCUT2D eigenvalue weighted by atomic mass is 19.1. The molecule has 0 saturated carbocycles. The van der Waals surface area contributed by atoms with E-state index < -0.39 is 11.6 Å². The van der Waals surface area contributed by atoms with Gasteiger partial charge in [0.1, 0.15) is 47.2 Å². The van der Waals surface area contributed by atoms with Crippen LogP contribution in [-0.4, -0.2) is 82.5 Å². The molecule has 4 aromatic rings. The Labute approximate surface area is 248 Å². The molecule has 3 saturated heterocycles. The molecule has 1 atom stereocenters. The van der Waals surface area contributed by atoms with Crippen LogP contribution >= 0.6 is 0 Å². The molecule has 43 heavy (non-hydrogen) atoms. The van der Waals surface area contributed by atoms with Crippen molar-refractivity contribution in [1.82, 2.24) is 25.2 Å².